The Balaban J connectivity index is 1.36. The van der Waals surface area contributed by atoms with Crippen molar-refractivity contribution in [3.05, 3.63) is 170 Å². The van der Waals surface area contributed by atoms with Gasteiger partial charge in [-0.15, -0.1) is 0 Å². The van der Waals surface area contributed by atoms with Gasteiger partial charge in [0.2, 0.25) is 0 Å². The van der Waals surface area contributed by atoms with Gasteiger partial charge in [-0.05, 0) is 49.4 Å². The van der Waals surface area contributed by atoms with E-state index in [0.717, 1.165) is 43.4 Å². The highest BCUT2D eigenvalue weighted by Gasteiger charge is 2.21. The zero-order valence-electron chi connectivity index (χ0n) is 32.9. The Labute approximate surface area is 274 Å². The third-order valence-electron chi connectivity index (χ3n) is 8.43. The van der Waals surface area contributed by atoms with E-state index in [1.54, 1.807) is 24.3 Å². The Morgan fingerprint density at radius 2 is 0.822 bits per heavy atom. The van der Waals surface area contributed by atoms with Gasteiger partial charge in [0, 0.05) is 27.5 Å². The lowest BCUT2D eigenvalue weighted by molar-refractivity contribution is 0.671. The van der Waals surface area contributed by atoms with Gasteiger partial charge in [0.1, 0.15) is 11.2 Å². The van der Waals surface area contributed by atoms with E-state index in [1.165, 1.54) is 0 Å². The molecule has 210 valence electrons. The van der Waals surface area contributed by atoms with Crippen molar-refractivity contribution >= 4 is 43.5 Å². The molecular formula is C44H28O. The molecule has 8 aromatic carbocycles. The van der Waals surface area contributed by atoms with E-state index in [-0.39, 0.29) is 52.9 Å². The molecule has 0 atom stereocenters. The lowest BCUT2D eigenvalue weighted by Gasteiger charge is -2.18. The fraction of sp³-hybridized carbons (Fsp3) is 0. The van der Waals surface area contributed by atoms with Gasteiger partial charge in [-0.1, -0.05) is 170 Å². The second-order valence-electron chi connectivity index (χ2n) is 10.9. The minimum Gasteiger partial charge on any atom is -0.455 e. The summed E-state index contributed by atoms with van der Waals surface area (Å²) in [5.74, 6) is 0. The van der Waals surface area contributed by atoms with E-state index in [2.05, 4.69) is 0 Å². The third-order valence-corrected chi connectivity index (χ3v) is 8.43. The molecule has 1 aromatic heterocycles. The molecule has 45 heavy (non-hydrogen) atoms. The maximum absolute atomic E-state index is 9.29. The van der Waals surface area contributed by atoms with Crippen molar-refractivity contribution in [2.24, 2.45) is 0 Å². The van der Waals surface area contributed by atoms with Crippen molar-refractivity contribution in [3.63, 3.8) is 0 Å². The second-order valence-corrected chi connectivity index (χ2v) is 10.9. The quantitative estimate of drug-likeness (QED) is 0.188. The van der Waals surface area contributed by atoms with Crippen LogP contribution in [0.3, 0.4) is 0 Å². The molecule has 0 bridgehead atoms. The van der Waals surface area contributed by atoms with Gasteiger partial charge in [0.15, 0.2) is 0 Å². The SMILES string of the molecule is [2H]c1c([2H])c([2H])c(-c2cccc3c2oc2c(-c4c5ccccc5c(-c5c([2H])c([2H])c(-c6ccccc6)c([2H])c5[2H])c5ccccc45)cccc23)c([2H])c1[2H]. The molecule has 0 radical (unpaired) electrons. The standard InChI is InChI=1S/C44H28O/c1-3-13-29(14-4-1)30-25-27-32(28-26-30)41-34-17-7-9-19-36(34)42(37-20-10-8-18-35(37)41)40-24-12-23-39-38-22-11-21-33(43(38)45-44(39)40)31-15-5-2-6-16-31/h1-28H/i2D,5D,6D,15D,16D,25D,26D,27D,28D. The Bertz CT molecular complexity index is 2930. The normalized spacial score (nSPS) is 14.4. The molecule has 9 aromatic rings. The minimum absolute atomic E-state index is 0.0608. The Morgan fingerprint density at radius 3 is 1.44 bits per heavy atom. The number of fused-ring (bicyclic) bond motifs is 5. The zero-order chi connectivity index (χ0) is 37.6. The first-order valence-electron chi connectivity index (χ1n) is 19.2. The smallest absolute Gasteiger partial charge is 0.143 e. The maximum Gasteiger partial charge on any atom is 0.143 e. The van der Waals surface area contributed by atoms with Gasteiger partial charge >= 0.3 is 0 Å². The number of rotatable bonds is 4. The fourth-order valence-corrected chi connectivity index (χ4v) is 6.47. The monoisotopic (exact) mass is 581 g/mol. The predicted molar refractivity (Wildman–Crippen MR) is 190 cm³/mol. The van der Waals surface area contributed by atoms with Crippen LogP contribution in [0, 0.1) is 0 Å². The van der Waals surface area contributed by atoms with Gasteiger partial charge in [0.25, 0.3) is 0 Å². The molecule has 1 heterocycles. The highest BCUT2D eigenvalue weighted by molar-refractivity contribution is 6.24. The average Bonchev–Trinajstić information content (AvgIpc) is 3.59. The summed E-state index contributed by atoms with van der Waals surface area (Å²) in [7, 11) is 0. The van der Waals surface area contributed by atoms with E-state index in [0.29, 0.717) is 27.9 Å². The van der Waals surface area contributed by atoms with Crippen molar-refractivity contribution in [1.29, 1.82) is 0 Å². The van der Waals surface area contributed by atoms with Gasteiger partial charge in [-0.2, -0.15) is 0 Å². The van der Waals surface area contributed by atoms with Crippen LogP contribution in [0.15, 0.2) is 174 Å². The van der Waals surface area contributed by atoms with Gasteiger partial charge in [-0.3, -0.25) is 0 Å². The van der Waals surface area contributed by atoms with Crippen molar-refractivity contribution in [2.45, 2.75) is 0 Å². The Morgan fingerprint density at radius 1 is 0.333 bits per heavy atom. The van der Waals surface area contributed by atoms with Crippen LogP contribution in [-0.2, 0) is 0 Å². The highest BCUT2D eigenvalue weighted by Crippen LogP contribution is 2.47. The summed E-state index contributed by atoms with van der Waals surface area (Å²) in [6, 6.07) is 33.3. The molecule has 0 unspecified atom stereocenters. The van der Waals surface area contributed by atoms with E-state index < -0.39 is 18.1 Å². The van der Waals surface area contributed by atoms with Crippen molar-refractivity contribution in [2.75, 3.05) is 0 Å². The first-order chi connectivity index (χ1) is 26.1. The summed E-state index contributed by atoms with van der Waals surface area (Å²) >= 11 is 0. The Hall–Kier alpha value is -5.92. The second kappa shape index (κ2) is 10.4. The zero-order valence-corrected chi connectivity index (χ0v) is 23.9. The summed E-state index contributed by atoms with van der Waals surface area (Å²) in [6.45, 7) is 0. The van der Waals surface area contributed by atoms with Crippen LogP contribution >= 0.6 is 0 Å². The van der Waals surface area contributed by atoms with Crippen molar-refractivity contribution in [3.8, 4) is 44.5 Å². The van der Waals surface area contributed by atoms with E-state index in [4.69, 9.17) is 14.0 Å². The molecule has 1 heteroatoms. The molecule has 9 rings (SSSR count). The average molecular weight is 582 g/mol. The highest BCUT2D eigenvalue weighted by atomic mass is 16.3. The van der Waals surface area contributed by atoms with E-state index in [9.17, 15) is 2.74 Å². The van der Waals surface area contributed by atoms with Crippen molar-refractivity contribution in [1.82, 2.24) is 0 Å². The first-order valence-corrected chi connectivity index (χ1v) is 14.7. The minimum atomic E-state index is -0.463. The molecule has 0 saturated heterocycles. The van der Waals surface area contributed by atoms with E-state index >= 15 is 0 Å². The molecule has 0 fully saturated rings. The molecule has 0 aliphatic carbocycles. The summed E-state index contributed by atoms with van der Waals surface area (Å²) in [4.78, 5) is 0. The molecular weight excluding hydrogens is 544 g/mol. The number of hydrogen-bond acceptors (Lipinski definition) is 1. The maximum atomic E-state index is 9.29. The predicted octanol–water partition coefficient (Wildman–Crippen LogP) is 12.6. The molecule has 0 N–H and O–H groups in total. The van der Waals surface area contributed by atoms with Crippen LogP contribution in [0.2, 0.25) is 0 Å². The number of para-hydroxylation sites is 2. The molecule has 1 nitrogen and oxygen atoms in total. The summed E-state index contributed by atoms with van der Waals surface area (Å²) in [5, 5.41) is 4.62. The number of benzene rings is 8. The van der Waals surface area contributed by atoms with Crippen LogP contribution in [0.1, 0.15) is 12.3 Å². The van der Waals surface area contributed by atoms with Gasteiger partial charge in [-0.25, -0.2) is 0 Å². The van der Waals surface area contributed by atoms with Gasteiger partial charge in [0.05, 0.1) is 12.3 Å². The van der Waals surface area contributed by atoms with Gasteiger partial charge < -0.3 is 4.42 Å². The summed E-state index contributed by atoms with van der Waals surface area (Å²) in [6.07, 6.45) is 0. The first kappa shape index (κ1) is 18.0. The lowest BCUT2D eigenvalue weighted by atomic mass is 9.85. The number of hydrogen-bond donors (Lipinski definition) is 0. The van der Waals surface area contributed by atoms with Crippen LogP contribution in [0.25, 0.3) is 88.0 Å². The summed E-state index contributed by atoms with van der Waals surface area (Å²) < 4.78 is 85.5. The van der Waals surface area contributed by atoms with Crippen LogP contribution in [-0.4, -0.2) is 0 Å². The number of furan rings is 1. The van der Waals surface area contributed by atoms with Crippen LogP contribution < -0.4 is 0 Å². The lowest BCUT2D eigenvalue weighted by Crippen LogP contribution is -1.91. The molecule has 0 saturated carbocycles. The molecule has 0 aliphatic rings. The van der Waals surface area contributed by atoms with E-state index in [1.807, 2.05) is 91.0 Å². The Kier molecular flexibility index (Phi) is 4.15. The third kappa shape index (κ3) is 4.09. The molecule has 0 spiro atoms. The fourth-order valence-electron chi connectivity index (χ4n) is 6.47. The largest absolute Gasteiger partial charge is 0.455 e. The van der Waals surface area contributed by atoms with Crippen LogP contribution in [0.4, 0.5) is 0 Å². The van der Waals surface area contributed by atoms with Crippen LogP contribution in [0.5, 0.6) is 0 Å². The molecule has 0 aliphatic heterocycles. The summed E-state index contributed by atoms with van der Waals surface area (Å²) in [5.41, 5.74) is 4.67. The topological polar surface area (TPSA) is 13.1 Å². The molecule has 0 amide bonds. The van der Waals surface area contributed by atoms with Crippen molar-refractivity contribution < 1.29 is 16.8 Å².